The van der Waals surface area contributed by atoms with Crippen molar-refractivity contribution < 1.29 is 23.5 Å². The fourth-order valence-electron chi connectivity index (χ4n) is 4.86. The number of carbonyl (C=O) groups excluding carboxylic acids is 1. The number of Topliss-reactive ketones (excluding diaryl/α,β-unsaturated/α-hetero) is 1. The number of rotatable bonds is 10. The minimum atomic E-state index is -0.995. The van der Waals surface area contributed by atoms with E-state index in [0.29, 0.717) is 29.9 Å². The summed E-state index contributed by atoms with van der Waals surface area (Å²) in [4.78, 5) is 46.2. The number of hydrogen-bond acceptors (Lipinski definition) is 5. The Bertz CT molecular complexity index is 1940. The Hall–Kier alpha value is -5.25. The second kappa shape index (κ2) is 12.3. The van der Waals surface area contributed by atoms with Crippen LogP contribution in [-0.2, 0) is 20.0 Å². The molecule has 0 unspecified atom stereocenters. The minimum Gasteiger partial charge on any atom is -0.478 e. The highest BCUT2D eigenvalue weighted by Gasteiger charge is 2.21. The first-order valence-corrected chi connectivity index (χ1v) is 13.6. The lowest BCUT2D eigenvalue weighted by atomic mass is 10.1. The molecule has 0 aliphatic heterocycles. The maximum atomic E-state index is 13.6. The highest BCUT2D eigenvalue weighted by atomic mass is 19.2. The molecule has 10 heteroatoms. The molecule has 0 saturated heterocycles. The van der Waals surface area contributed by atoms with Gasteiger partial charge >= 0.3 is 5.97 Å². The molecule has 3 aromatic carbocycles. The van der Waals surface area contributed by atoms with Crippen LogP contribution >= 0.6 is 0 Å². The van der Waals surface area contributed by atoms with Crippen LogP contribution in [0.3, 0.4) is 0 Å². The molecule has 5 aromatic rings. The predicted molar refractivity (Wildman–Crippen MR) is 158 cm³/mol. The van der Waals surface area contributed by atoms with Gasteiger partial charge in [-0.3, -0.25) is 14.3 Å². The molecule has 0 bridgehead atoms. The van der Waals surface area contributed by atoms with Gasteiger partial charge in [0.1, 0.15) is 11.4 Å². The van der Waals surface area contributed by atoms with Crippen LogP contribution in [0.4, 0.5) is 8.78 Å². The molecule has 2 heterocycles. The molecule has 218 valence electrons. The predicted octanol–water partition coefficient (Wildman–Crippen LogP) is 5.73. The van der Waals surface area contributed by atoms with E-state index < -0.39 is 23.2 Å². The average molecular weight is 583 g/mol. The van der Waals surface area contributed by atoms with Gasteiger partial charge in [0, 0.05) is 37.2 Å². The van der Waals surface area contributed by atoms with Crippen LogP contribution in [0.5, 0.6) is 0 Å². The highest BCUT2D eigenvalue weighted by molar-refractivity contribution is 5.97. The Labute approximate surface area is 245 Å². The first kappa shape index (κ1) is 29.2. The number of nitrogens with zero attached hydrogens (tertiary/aromatic N) is 4. The van der Waals surface area contributed by atoms with Crippen LogP contribution in [0.2, 0.25) is 0 Å². The maximum absolute atomic E-state index is 13.6. The van der Waals surface area contributed by atoms with Gasteiger partial charge in [-0.25, -0.2) is 28.2 Å². The van der Waals surface area contributed by atoms with Gasteiger partial charge in [-0.1, -0.05) is 36.4 Å². The summed E-state index contributed by atoms with van der Waals surface area (Å²) in [5, 5.41) is 9.91. The van der Waals surface area contributed by atoms with Crippen LogP contribution in [-0.4, -0.2) is 36.2 Å². The molecule has 5 rings (SSSR count). The summed E-state index contributed by atoms with van der Waals surface area (Å²) in [5.41, 5.74) is 3.36. The standard InChI is InChI=1S/C33H28F2N4O4/c1-20-31(32(41)39(38(20)2)19-23-9-13-26(34)27(35)16-23)29(40)6-4-3-5-21-10-14-28-25(15-21)18-36-30(37-28)17-22-7-11-24(12-8-22)33(42)43/h3,5,7-16,18H,4,6,17,19H2,1-2H3,(H,42,43)/b5-3+. The molecule has 0 atom stereocenters. The molecule has 1 N–H and O–H groups in total. The van der Waals surface area contributed by atoms with Gasteiger partial charge in [0.25, 0.3) is 5.56 Å². The van der Waals surface area contributed by atoms with Gasteiger partial charge < -0.3 is 5.11 Å². The first-order valence-electron chi connectivity index (χ1n) is 13.6. The Morgan fingerprint density at radius 2 is 1.72 bits per heavy atom. The van der Waals surface area contributed by atoms with Gasteiger partial charge in [0.2, 0.25) is 0 Å². The number of fused-ring (bicyclic) bond motifs is 1. The number of carboxylic acid groups (broad SMARTS) is 1. The molecule has 0 saturated carbocycles. The second-order valence-electron chi connectivity index (χ2n) is 10.2. The van der Waals surface area contributed by atoms with Gasteiger partial charge in [-0.15, -0.1) is 0 Å². The van der Waals surface area contributed by atoms with Crippen LogP contribution < -0.4 is 5.56 Å². The summed E-state index contributed by atoms with van der Waals surface area (Å²) in [6.45, 7) is 1.69. The van der Waals surface area contributed by atoms with Crippen LogP contribution in [0.1, 0.15) is 61.8 Å². The normalized spacial score (nSPS) is 11.4. The molecule has 2 aromatic heterocycles. The maximum Gasteiger partial charge on any atom is 0.335 e. The van der Waals surface area contributed by atoms with Crippen molar-refractivity contribution in [3.8, 4) is 0 Å². The molecule has 0 spiro atoms. The Morgan fingerprint density at radius 3 is 2.44 bits per heavy atom. The van der Waals surface area contributed by atoms with Gasteiger partial charge in [0.05, 0.1) is 17.6 Å². The summed E-state index contributed by atoms with van der Waals surface area (Å²) in [7, 11) is 1.65. The number of aromatic carboxylic acids is 1. The number of hydrogen-bond donors (Lipinski definition) is 1. The third-order valence-corrected chi connectivity index (χ3v) is 7.32. The smallest absolute Gasteiger partial charge is 0.335 e. The summed E-state index contributed by atoms with van der Waals surface area (Å²) >= 11 is 0. The topological polar surface area (TPSA) is 107 Å². The van der Waals surface area contributed by atoms with E-state index >= 15 is 0 Å². The van der Waals surface area contributed by atoms with E-state index in [1.165, 1.54) is 10.7 Å². The quantitative estimate of drug-likeness (QED) is 0.211. The van der Waals surface area contributed by atoms with Crippen molar-refractivity contribution in [3.63, 3.8) is 0 Å². The summed E-state index contributed by atoms with van der Waals surface area (Å²) in [6.07, 6.45) is 6.53. The van der Waals surface area contributed by atoms with Crippen molar-refractivity contribution in [3.05, 3.63) is 134 Å². The minimum absolute atomic E-state index is 0.00755. The van der Waals surface area contributed by atoms with Crippen LogP contribution in [0.15, 0.2) is 77.7 Å². The lowest BCUT2D eigenvalue weighted by Crippen LogP contribution is -2.25. The number of carbonyl (C=O) groups is 2. The third kappa shape index (κ3) is 6.48. The summed E-state index contributed by atoms with van der Waals surface area (Å²) in [6, 6.07) is 15.8. The molecule has 0 fully saturated rings. The number of carboxylic acids is 1. The lowest BCUT2D eigenvalue weighted by Gasteiger charge is -2.08. The Kier molecular flexibility index (Phi) is 8.38. The first-order chi connectivity index (χ1) is 20.6. The van der Waals surface area contributed by atoms with E-state index in [4.69, 9.17) is 5.11 Å². The lowest BCUT2D eigenvalue weighted by molar-refractivity contribution is 0.0696. The number of halogens is 2. The third-order valence-electron chi connectivity index (χ3n) is 7.32. The molecule has 43 heavy (non-hydrogen) atoms. The average Bonchev–Trinajstić information content (AvgIpc) is 3.20. The number of benzene rings is 3. The molecule has 8 nitrogen and oxygen atoms in total. The second-order valence-corrected chi connectivity index (χ2v) is 10.2. The van der Waals surface area contributed by atoms with Crippen molar-refractivity contribution in [2.75, 3.05) is 0 Å². The fourth-order valence-corrected chi connectivity index (χ4v) is 4.86. The molecular formula is C33H28F2N4O4. The molecule has 0 radical (unpaired) electrons. The van der Waals surface area contributed by atoms with Crippen molar-refractivity contribution in [1.82, 2.24) is 19.3 Å². The zero-order chi connectivity index (χ0) is 30.7. The number of aromatic nitrogens is 4. The monoisotopic (exact) mass is 582 g/mol. The molecular weight excluding hydrogens is 554 g/mol. The van der Waals surface area contributed by atoms with E-state index in [2.05, 4.69) is 9.97 Å². The summed E-state index contributed by atoms with van der Waals surface area (Å²) < 4.78 is 29.8. The zero-order valence-electron chi connectivity index (χ0n) is 23.6. The van der Waals surface area contributed by atoms with Crippen molar-refractivity contribution in [2.24, 2.45) is 7.05 Å². The van der Waals surface area contributed by atoms with Crippen molar-refractivity contribution >= 4 is 28.7 Å². The van der Waals surface area contributed by atoms with Gasteiger partial charge in [0.15, 0.2) is 17.4 Å². The van der Waals surface area contributed by atoms with E-state index in [0.717, 1.165) is 34.2 Å². The van der Waals surface area contributed by atoms with Crippen molar-refractivity contribution in [1.29, 1.82) is 0 Å². The van der Waals surface area contributed by atoms with E-state index in [1.807, 2.05) is 30.4 Å². The number of allylic oxidation sites excluding steroid dienone is 1. The van der Waals surface area contributed by atoms with Gasteiger partial charge in [-0.05, 0) is 66.4 Å². The zero-order valence-corrected chi connectivity index (χ0v) is 23.6. The largest absolute Gasteiger partial charge is 0.478 e. The summed E-state index contributed by atoms with van der Waals surface area (Å²) in [5.74, 6) is -2.60. The van der Waals surface area contributed by atoms with E-state index in [-0.39, 0.29) is 29.9 Å². The number of ketones is 1. The van der Waals surface area contributed by atoms with E-state index in [1.54, 1.807) is 49.1 Å². The molecule has 0 amide bonds. The molecule has 0 aliphatic rings. The molecule has 0 aliphatic carbocycles. The van der Waals surface area contributed by atoms with Gasteiger partial charge in [-0.2, -0.15) is 0 Å². The van der Waals surface area contributed by atoms with E-state index in [9.17, 15) is 23.2 Å². The highest BCUT2D eigenvalue weighted by Crippen LogP contribution is 2.18. The van der Waals surface area contributed by atoms with Crippen LogP contribution in [0.25, 0.3) is 17.0 Å². The SMILES string of the molecule is Cc1c(C(=O)CC/C=C/c2ccc3nc(Cc4ccc(C(=O)O)cc4)ncc3c2)c(=O)n(Cc2ccc(F)c(F)c2)n1C. The Balaban J connectivity index is 1.21. The Morgan fingerprint density at radius 1 is 0.977 bits per heavy atom. The fraction of sp³-hybridized carbons (Fsp3) is 0.182. The van der Waals surface area contributed by atoms with Crippen LogP contribution in [0, 0.1) is 18.6 Å². The van der Waals surface area contributed by atoms with Crippen molar-refractivity contribution in [2.45, 2.75) is 32.7 Å².